The monoisotopic (exact) mass is 365 g/mol. The van der Waals surface area contributed by atoms with Crippen LogP contribution >= 0.6 is 11.6 Å². The van der Waals surface area contributed by atoms with Crippen LogP contribution in [-0.2, 0) is 20.9 Å². The minimum Gasteiger partial charge on any atom is -0.479 e. The molecule has 1 N–H and O–H groups in total. The molecule has 1 fully saturated rings. The first-order chi connectivity index (χ1) is 11.9. The quantitative estimate of drug-likeness (QED) is 0.848. The number of nitrogens with zero attached hydrogens (tertiary/aromatic N) is 5. The predicted molar refractivity (Wildman–Crippen MR) is 86.8 cm³/mol. The zero-order chi connectivity index (χ0) is 18.0. The molecule has 25 heavy (non-hydrogen) atoms. The molecule has 1 amide bonds. The van der Waals surface area contributed by atoms with Crippen LogP contribution in [0.25, 0.3) is 11.4 Å². The van der Waals surface area contributed by atoms with E-state index in [9.17, 15) is 9.59 Å². The molecular formula is C15H16ClN5O4. The number of hydrogen-bond donors (Lipinski definition) is 1. The number of ether oxygens (including phenoxy) is 1. The second-order valence-corrected chi connectivity index (χ2v) is 6.16. The Kier molecular flexibility index (Phi) is 4.95. The fraction of sp³-hybridized carbons (Fsp3) is 0.400. The van der Waals surface area contributed by atoms with Crippen LogP contribution in [0.1, 0.15) is 6.92 Å². The summed E-state index contributed by atoms with van der Waals surface area (Å²) in [5, 5.41) is 21.6. The maximum atomic E-state index is 12.4. The summed E-state index contributed by atoms with van der Waals surface area (Å²) in [5.41, 5.74) is 0.731. The molecule has 0 spiro atoms. The average Bonchev–Trinajstić information content (AvgIpc) is 3.03. The second-order valence-electron chi connectivity index (χ2n) is 5.72. The molecule has 2 heterocycles. The maximum Gasteiger partial charge on any atom is 0.334 e. The Morgan fingerprint density at radius 1 is 1.32 bits per heavy atom. The molecule has 3 rings (SSSR count). The summed E-state index contributed by atoms with van der Waals surface area (Å²) in [4.78, 5) is 26.1. The van der Waals surface area contributed by atoms with Crippen molar-refractivity contribution in [2.45, 2.75) is 25.7 Å². The van der Waals surface area contributed by atoms with Gasteiger partial charge in [-0.05, 0) is 36.4 Å². The van der Waals surface area contributed by atoms with Crippen LogP contribution in [0.3, 0.4) is 0 Å². The zero-order valence-electron chi connectivity index (χ0n) is 13.4. The highest BCUT2D eigenvalue weighted by molar-refractivity contribution is 6.30. The molecule has 0 radical (unpaired) electrons. The normalized spacial score (nSPS) is 20.5. The van der Waals surface area contributed by atoms with Crippen molar-refractivity contribution < 1.29 is 19.4 Å². The van der Waals surface area contributed by atoms with E-state index >= 15 is 0 Å². The van der Waals surface area contributed by atoms with Crippen LogP contribution < -0.4 is 0 Å². The van der Waals surface area contributed by atoms with Crippen molar-refractivity contribution in [2.24, 2.45) is 0 Å². The van der Waals surface area contributed by atoms with Crippen LogP contribution in [-0.4, -0.2) is 67.4 Å². The summed E-state index contributed by atoms with van der Waals surface area (Å²) in [6, 6.07) is 6.94. The first kappa shape index (κ1) is 17.3. The number of benzene rings is 1. The number of aromatic nitrogens is 4. The van der Waals surface area contributed by atoms with Gasteiger partial charge in [0.1, 0.15) is 6.54 Å². The lowest BCUT2D eigenvalue weighted by Gasteiger charge is -2.34. The second kappa shape index (κ2) is 7.16. The van der Waals surface area contributed by atoms with E-state index in [1.807, 2.05) is 0 Å². The van der Waals surface area contributed by atoms with Crippen LogP contribution in [0.2, 0.25) is 5.02 Å². The highest BCUT2D eigenvalue weighted by Crippen LogP contribution is 2.17. The molecule has 132 valence electrons. The van der Waals surface area contributed by atoms with E-state index in [4.69, 9.17) is 21.4 Å². The number of hydrogen-bond acceptors (Lipinski definition) is 6. The number of tetrazole rings is 1. The Morgan fingerprint density at radius 3 is 2.72 bits per heavy atom. The van der Waals surface area contributed by atoms with Gasteiger partial charge in [0.2, 0.25) is 11.7 Å². The van der Waals surface area contributed by atoms with Gasteiger partial charge in [0.25, 0.3) is 0 Å². The van der Waals surface area contributed by atoms with Gasteiger partial charge in [-0.2, -0.15) is 4.80 Å². The van der Waals surface area contributed by atoms with Gasteiger partial charge in [-0.25, -0.2) is 4.79 Å². The Bertz CT molecular complexity index is 778. The number of carboxylic acid groups (broad SMARTS) is 1. The summed E-state index contributed by atoms with van der Waals surface area (Å²) in [7, 11) is 0. The molecule has 2 aromatic rings. The number of amides is 1. The molecule has 1 unspecified atom stereocenters. The smallest absolute Gasteiger partial charge is 0.334 e. The number of carboxylic acids is 1. The Hall–Kier alpha value is -2.52. The number of carbonyl (C=O) groups is 2. The Morgan fingerprint density at radius 2 is 2.04 bits per heavy atom. The SMILES string of the molecule is C[C@@H]1CN(C(=O)Cn2nnc(-c3ccc(Cl)cc3)n2)CC(C(=O)O)O1. The van der Waals surface area contributed by atoms with E-state index < -0.39 is 12.1 Å². The highest BCUT2D eigenvalue weighted by atomic mass is 35.5. The standard InChI is InChI=1S/C15H16ClN5O4/c1-9-6-20(7-12(25-9)15(23)24)13(22)8-21-18-14(17-19-21)10-2-4-11(16)5-3-10/h2-5,9,12H,6-8H2,1H3,(H,23,24)/t9-,12?/m1/s1. The lowest BCUT2D eigenvalue weighted by molar-refractivity contribution is -0.166. The maximum absolute atomic E-state index is 12.4. The molecule has 0 saturated carbocycles. The van der Waals surface area contributed by atoms with E-state index in [1.165, 1.54) is 9.70 Å². The zero-order valence-corrected chi connectivity index (χ0v) is 14.1. The van der Waals surface area contributed by atoms with E-state index in [2.05, 4.69) is 15.4 Å². The number of carbonyl (C=O) groups excluding carboxylic acids is 1. The van der Waals surface area contributed by atoms with Gasteiger partial charge in [-0.15, -0.1) is 10.2 Å². The van der Waals surface area contributed by atoms with Crippen LogP contribution in [0.4, 0.5) is 0 Å². The van der Waals surface area contributed by atoms with Gasteiger partial charge < -0.3 is 14.7 Å². The number of morpholine rings is 1. The van der Waals surface area contributed by atoms with Gasteiger partial charge >= 0.3 is 5.97 Å². The molecule has 2 atom stereocenters. The topological polar surface area (TPSA) is 110 Å². The lowest BCUT2D eigenvalue weighted by Crippen LogP contribution is -2.52. The predicted octanol–water partition coefficient (Wildman–Crippen LogP) is 0.694. The third-order valence-corrected chi connectivity index (χ3v) is 3.97. The van der Waals surface area contributed by atoms with Crippen LogP contribution in [0, 0.1) is 0 Å². The molecule has 1 aliphatic rings. The first-order valence-electron chi connectivity index (χ1n) is 7.62. The Labute approximate surface area is 148 Å². The third-order valence-electron chi connectivity index (χ3n) is 3.72. The summed E-state index contributed by atoms with van der Waals surface area (Å²) in [6.45, 7) is 1.92. The molecule has 9 nitrogen and oxygen atoms in total. The summed E-state index contributed by atoms with van der Waals surface area (Å²) in [5.74, 6) is -1.00. The van der Waals surface area contributed by atoms with E-state index in [-0.39, 0.29) is 25.1 Å². The van der Waals surface area contributed by atoms with Crippen molar-refractivity contribution in [3.63, 3.8) is 0 Å². The lowest BCUT2D eigenvalue weighted by atomic mass is 10.2. The number of aliphatic carboxylic acids is 1. The molecule has 0 bridgehead atoms. The Balaban J connectivity index is 1.67. The molecule has 1 aliphatic heterocycles. The molecule has 10 heteroatoms. The van der Waals surface area contributed by atoms with Crippen molar-refractivity contribution >= 4 is 23.5 Å². The fourth-order valence-electron chi connectivity index (χ4n) is 2.54. The van der Waals surface area contributed by atoms with Gasteiger partial charge in [0.05, 0.1) is 12.6 Å². The molecule has 0 aliphatic carbocycles. The third kappa shape index (κ3) is 4.12. The average molecular weight is 366 g/mol. The van der Waals surface area contributed by atoms with Crippen molar-refractivity contribution in [1.29, 1.82) is 0 Å². The van der Waals surface area contributed by atoms with Gasteiger partial charge in [-0.3, -0.25) is 4.79 Å². The molecule has 1 saturated heterocycles. The van der Waals surface area contributed by atoms with Crippen LogP contribution in [0.15, 0.2) is 24.3 Å². The fourth-order valence-corrected chi connectivity index (χ4v) is 2.66. The highest BCUT2D eigenvalue weighted by Gasteiger charge is 2.32. The molecule has 1 aromatic carbocycles. The number of rotatable bonds is 4. The van der Waals surface area contributed by atoms with Gasteiger partial charge in [0.15, 0.2) is 6.10 Å². The number of halogens is 1. The van der Waals surface area contributed by atoms with Crippen molar-refractivity contribution in [3.8, 4) is 11.4 Å². The van der Waals surface area contributed by atoms with Crippen LogP contribution in [0.5, 0.6) is 0 Å². The van der Waals surface area contributed by atoms with Gasteiger partial charge in [-0.1, -0.05) is 11.6 Å². The minimum absolute atomic E-state index is 0.00273. The molecule has 1 aromatic heterocycles. The van der Waals surface area contributed by atoms with E-state index in [0.29, 0.717) is 17.4 Å². The van der Waals surface area contributed by atoms with Crippen molar-refractivity contribution in [2.75, 3.05) is 13.1 Å². The minimum atomic E-state index is -1.09. The van der Waals surface area contributed by atoms with Crippen molar-refractivity contribution in [1.82, 2.24) is 25.1 Å². The van der Waals surface area contributed by atoms with Gasteiger partial charge in [0, 0.05) is 17.1 Å². The summed E-state index contributed by atoms with van der Waals surface area (Å²) < 4.78 is 5.30. The summed E-state index contributed by atoms with van der Waals surface area (Å²) >= 11 is 5.84. The first-order valence-corrected chi connectivity index (χ1v) is 8.00. The summed E-state index contributed by atoms with van der Waals surface area (Å²) in [6.07, 6.45) is -1.38. The van der Waals surface area contributed by atoms with E-state index in [0.717, 1.165) is 5.56 Å². The largest absolute Gasteiger partial charge is 0.479 e. The van der Waals surface area contributed by atoms with Crippen molar-refractivity contribution in [3.05, 3.63) is 29.3 Å². The molecular weight excluding hydrogens is 350 g/mol. The van der Waals surface area contributed by atoms with E-state index in [1.54, 1.807) is 31.2 Å².